The molecule has 0 radical (unpaired) electrons. The number of nitrogens with zero attached hydrogens (tertiary/aromatic N) is 4. The van der Waals surface area contributed by atoms with Crippen molar-refractivity contribution >= 4 is 65.4 Å². The number of carbonyl (C=O) groups is 2. The molecule has 1 saturated heterocycles. The summed E-state index contributed by atoms with van der Waals surface area (Å²) in [6.45, 7) is 24.6. The number of aliphatic hydroxyl groups excluding tert-OH is 2. The largest absolute Gasteiger partial charge is 0.420 e. The summed E-state index contributed by atoms with van der Waals surface area (Å²) >= 11 is 16.8. The van der Waals surface area contributed by atoms with Crippen LogP contribution in [0.3, 0.4) is 0 Å². The second-order valence-electron chi connectivity index (χ2n) is 14.3. The number of ether oxygens (including phenoxy) is 1. The fourth-order valence-corrected chi connectivity index (χ4v) is 6.55. The Balaban J connectivity index is 0.000000370. The van der Waals surface area contributed by atoms with Gasteiger partial charge in [-0.3, -0.25) is 9.59 Å². The number of hydrogen-bond acceptors (Lipinski definition) is 9. The zero-order valence-electron chi connectivity index (χ0n) is 35.4. The zero-order chi connectivity index (χ0) is 46.6. The monoisotopic (exact) mass is 953 g/mol. The minimum absolute atomic E-state index is 0. The number of aromatic nitrogens is 2. The van der Waals surface area contributed by atoms with Crippen LogP contribution in [0.4, 0.5) is 20.2 Å². The quantitative estimate of drug-likeness (QED) is 0.0632. The maximum Gasteiger partial charge on any atom is 0.247 e. The van der Waals surface area contributed by atoms with Crippen LogP contribution in [0.25, 0.3) is 21.1 Å². The number of benzene rings is 4. The maximum atomic E-state index is 13.1. The van der Waals surface area contributed by atoms with Gasteiger partial charge in [0.25, 0.3) is 0 Å². The molecule has 1 amide bonds. The summed E-state index contributed by atoms with van der Waals surface area (Å²) in [5.74, 6) is -2.34. The normalized spacial score (nSPS) is 13.3. The van der Waals surface area contributed by atoms with Gasteiger partial charge in [0.1, 0.15) is 11.6 Å². The number of rotatable bonds is 12. The Labute approximate surface area is 390 Å². The van der Waals surface area contributed by atoms with Crippen molar-refractivity contribution in [3.8, 4) is 11.5 Å². The molecule has 3 N–H and O–H groups in total. The van der Waals surface area contributed by atoms with E-state index in [4.69, 9.17) is 45.5 Å². The van der Waals surface area contributed by atoms with E-state index in [-0.39, 0.29) is 49.3 Å². The summed E-state index contributed by atoms with van der Waals surface area (Å²) in [6, 6.07) is 17.5. The molecule has 4 atom stereocenters. The Morgan fingerprint density at radius 3 is 1.75 bits per heavy atom. The summed E-state index contributed by atoms with van der Waals surface area (Å²) in [7, 11) is 1.00. The molecule has 0 aliphatic carbocycles. The molecule has 1 aliphatic rings. The molecule has 6 rings (SSSR count). The van der Waals surface area contributed by atoms with E-state index in [1.807, 2.05) is 19.7 Å². The minimum Gasteiger partial charge on any atom is -0.420 e. The Bertz CT molecular complexity index is 2380. The maximum absolute atomic E-state index is 13.1. The summed E-state index contributed by atoms with van der Waals surface area (Å²) < 4.78 is 36.7. The van der Waals surface area contributed by atoms with E-state index in [1.54, 1.807) is 44.2 Å². The SMILES string of the molecule is C.C1CCOC1.CP=S.[C-]#[N+]c1ccc(C[C@@H](C(=O)NCC(=O)c2ccc(F)cc2)[C@H](C)O)c(C)c1Cl.[C-]#[N+]c1ccc(C[C@@H](c2nnc(-c3ccc(F)cc3)o2)[C@H](C)O)c(C)c1Cl. The Hall–Kier alpha value is -5.02. The highest BCUT2D eigenvalue weighted by Crippen LogP contribution is 2.35. The number of amides is 1. The first kappa shape index (κ1) is 55.1. The second-order valence-corrected chi connectivity index (χ2v) is 16.5. The Morgan fingerprint density at radius 1 is 0.828 bits per heavy atom. The summed E-state index contributed by atoms with van der Waals surface area (Å²) in [6.07, 6.45) is 1.48. The van der Waals surface area contributed by atoms with Gasteiger partial charge in [0.15, 0.2) is 5.78 Å². The Kier molecular flexibility index (Phi) is 24.1. The molecule has 1 aliphatic heterocycles. The fourth-order valence-electron chi connectivity index (χ4n) is 6.10. The van der Waals surface area contributed by atoms with E-state index in [2.05, 4.69) is 37.0 Å². The molecule has 17 heteroatoms. The van der Waals surface area contributed by atoms with E-state index in [0.29, 0.717) is 39.0 Å². The average molecular weight is 955 g/mol. The van der Waals surface area contributed by atoms with Crippen molar-refractivity contribution in [2.45, 2.75) is 78.9 Å². The lowest BCUT2D eigenvalue weighted by atomic mass is 9.91. The lowest BCUT2D eigenvalue weighted by molar-refractivity contribution is -0.127. The molecule has 5 aromatic rings. The molecular formula is C47H52Cl2F2N5O6PS. The van der Waals surface area contributed by atoms with Gasteiger partial charge in [-0.1, -0.05) is 66.7 Å². The van der Waals surface area contributed by atoms with Crippen LogP contribution in [0, 0.1) is 44.5 Å². The fraction of sp³-hybridized carbons (Fsp3) is 0.362. The van der Waals surface area contributed by atoms with Gasteiger partial charge in [0, 0.05) is 24.3 Å². The van der Waals surface area contributed by atoms with E-state index in [1.165, 1.54) is 56.2 Å². The number of ketones is 1. The van der Waals surface area contributed by atoms with Gasteiger partial charge in [-0.15, -0.1) is 10.2 Å². The molecule has 1 aromatic heterocycles. The van der Waals surface area contributed by atoms with Crippen LogP contribution in [0.15, 0.2) is 77.2 Å². The van der Waals surface area contributed by atoms with Crippen molar-refractivity contribution in [3.05, 3.63) is 151 Å². The van der Waals surface area contributed by atoms with Gasteiger partial charge >= 0.3 is 0 Å². The second kappa shape index (κ2) is 28.0. The molecule has 1 fully saturated rings. The van der Waals surface area contributed by atoms with Crippen molar-refractivity contribution in [3.63, 3.8) is 0 Å². The molecule has 0 spiro atoms. The third kappa shape index (κ3) is 16.5. The van der Waals surface area contributed by atoms with Crippen molar-refractivity contribution in [1.29, 1.82) is 0 Å². The number of hydrogen-bond donors (Lipinski definition) is 3. The van der Waals surface area contributed by atoms with Crippen LogP contribution in [0.1, 0.15) is 78.5 Å². The first-order valence-electron chi connectivity index (χ1n) is 19.7. The van der Waals surface area contributed by atoms with E-state index in [9.17, 15) is 28.6 Å². The number of halogens is 4. The molecule has 340 valence electrons. The van der Waals surface area contributed by atoms with Crippen LogP contribution in [0.2, 0.25) is 10.0 Å². The van der Waals surface area contributed by atoms with Crippen molar-refractivity contribution < 1.29 is 37.7 Å². The lowest BCUT2D eigenvalue weighted by Gasteiger charge is -2.21. The highest BCUT2D eigenvalue weighted by Gasteiger charge is 2.27. The highest BCUT2D eigenvalue weighted by atomic mass is 35.5. The molecule has 0 unspecified atom stereocenters. The lowest BCUT2D eigenvalue weighted by Crippen LogP contribution is -2.40. The van der Waals surface area contributed by atoms with Gasteiger partial charge in [-0.25, -0.2) is 18.5 Å². The average Bonchev–Trinajstić information content (AvgIpc) is 4.02. The molecule has 4 aromatic carbocycles. The van der Waals surface area contributed by atoms with Crippen LogP contribution >= 0.6 is 30.6 Å². The highest BCUT2D eigenvalue weighted by molar-refractivity contribution is 7.96. The molecule has 11 nitrogen and oxygen atoms in total. The molecular weight excluding hydrogens is 902 g/mol. The number of carbonyl (C=O) groups excluding carboxylic acids is 2. The first-order chi connectivity index (χ1) is 30.1. The van der Waals surface area contributed by atoms with Crippen LogP contribution in [-0.2, 0) is 34.2 Å². The molecule has 2 heterocycles. The third-order valence-electron chi connectivity index (χ3n) is 9.84. The van der Waals surface area contributed by atoms with Gasteiger partial charge in [-0.05, 0) is 138 Å². The number of nitrogens with one attached hydrogen (secondary N) is 1. The summed E-state index contributed by atoms with van der Waals surface area (Å²) in [5.41, 5.74) is 4.69. The van der Waals surface area contributed by atoms with E-state index < -0.39 is 35.8 Å². The zero-order valence-corrected chi connectivity index (χ0v) is 38.6. The first-order valence-corrected chi connectivity index (χ1v) is 22.8. The Morgan fingerprint density at radius 2 is 1.31 bits per heavy atom. The van der Waals surface area contributed by atoms with E-state index in [0.717, 1.165) is 37.3 Å². The predicted molar refractivity (Wildman–Crippen MR) is 252 cm³/mol. The van der Waals surface area contributed by atoms with Crippen LogP contribution < -0.4 is 5.32 Å². The van der Waals surface area contributed by atoms with Gasteiger partial charge in [0.2, 0.25) is 29.1 Å². The minimum atomic E-state index is -0.959. The standard InChI is InChI=1S/C21H20ClFN2O3.C20H17ClFN3O2.C4H8O.CH3PS.CH4/c1-12-15(6-9-18(24-3)20(12)22)10-17(13(2)26)21(28)25-11-19(27)14-4-7-16(23)8-5-14;1-11-14(6-9-17(23-3)18(11)21)10-16(12(2)26)20-25-24-19(27-20)13-4-7-15(22)8-5-13;1-2-4-5-3-1;1-2-3;/h4-9,13,17,26H,10-11H2,1-2H3,(H,25,28);4-9,12,16,26H,10H2,1-2H3;1-4H2;1H3;1H4/t13-,17+;12-,16+;;;/m00.../s1. The predicted octanol–water partition coefficient (Wildman–Crippen LogP) is 11.4. The number of aliphatic hydroxyl groups is 2. The molecule has 0 bridgehead atoms. The number of Topliss-reactive ketones (excluding diaryl/α,β-unsaturated/α-hetero) is 1. The van der Waals surface area contributed by atoms with Gasteiger partial charge in [0.05, 0.1) is 53.8 Å². The van der Waals surface area contributed by atoms with Gasteiger partial charge < -0.3 is 24.7 Å². The summed E-state index contributed by atoms with van der Waals surface area (Å²) in [5, 5.41) is 31.6. The summed E-state index contributed by atoms with van der Waals surface area (Å²) in [4.78, 5) is 31.4. The van der Waals surface area contributed by atoms with Crippen LogP contribution in [-0.4, -0.2) is 70.7 Å². The van der Waals surface area contributed by atoms with Crippen LogP contribution in [0.5, 0.6) is 0 Å². The van der Waals surface area contributed by atoms with E-state index >= 15 is 0 Å². The van der Waals surface area contributed by atoms with Crippen molar-refractivity contribution in [2.24, 2.45) is 5.92 Å². The third-order valence-corrected chi connectivity index (χ3v) is 10.8. The van der Waals surface area contributed by atoms with Crippen molar-refractivity contribution in [1.82, 2.24) is 15.5 Å². The molecule has 64 heavy (non-hydrogen) atoms. The van der Waals surface area contributed by atoms with Gasteiger partial charge in [-0.2, -0.15) is 0 Å². The topological polar surface area (TPSA) is 144 Å². The smallest absolute Gasteiger partial charge is 0.247 e. The molecule has 0 saturated carbocycles. The van der Waals surface area contributed by atoms with Crippen molar-refractivity contribution in [2.75, 3.05) is 26.4 Å².